The van der Waals surface area contributed by atoms with E-state index in [1.165, 1.54) is 19.3 Å². The first-order valence-electron chi connectivity index (χ1n) is 8.77. The number of pyridine rings is 1. The van der Waals surface area contributed by atoms with Gasteiger partial charge in [0.25, 0.3) is 0 Å². The molecule has 0 aliphatic carbocycles. The minimum atomic E-state index is -0.517. The van der Waals surface area contributed by atoms with E-state index in [1.54, 1.807) is 0 Å². The number of nitrogens with one attached hydrogen (secondary N) is 1. The molecule has 1 aliphatic heterocycles. The Morgan fingerprint density at radius 1 is 1.38 bits per heavy atom. The van der Waals surface area contributed by atoms with Gasteiger partial charge in [-0.1, -0.05) is 6.07 Å². The lowest BCUT2D eigenvalue weighted by Gasteiger charge is -2.30. The summed E-state index contributed by atoms with van der Waals surface area (Å²) in [6.07, 6.45) is 5.73. The fourth-order valence-corrected chi connectivity index (χ4v) is 2.91. The van der Waals surface area contributed by atoms with Gasteiger partial charge in [-0.2, -0.15) is 0 Å². The zero-order valence-corrected chi connectivity index (χ0v) is 15.0. The van der Waals surface area contributed by atoms with Gasteiger partial charge in [-0.3, -0.25) is 0 Å². The molecular weight excluding hydrogens is 304 g/mol. The van der Waals surface area contributed by atoms with Crippen molar-refractivity contribution in [2.45, 2.75) is 58.1 Å². The highest BCUT2D eigenvalue weighted by atomic mass is 16.6. The molecule has 1 fully saturated rings. The van der Waals surface area contributed by atoms with Crippen LogP contribution in [0.15, 0.2) is 18.3 Å². The van der Waals surface area contributed by atoms with Gasteiger partial charge >= 0.3 is 6.09 Å². The minimum absolute atomic E-state index is 0.174. The summed E-state index contributed by atoms with van der Waals surface area (Å²) in [5.74, 6) is 1.02. The fraction of sp³-hybridized carbons (Fsp3) is 0.667. The van der Waals surface area contributed by atoms with Gasteiger partial charge in [0.15, 0.2) is 0 Å². The van der Waals surface area contributed by atoms with Crippen molar-refractivity contribution < 1.29 is 9.53 Å². The Morgan fingerprint density at radius 3 is 2.71 bits per heavy atom. The van der Waals surface area contributed by atoms with Gasteiger partial charge in [0.05, 0.1) is 0 Å². The number of carbonyl (C=O) groups excluding carboxylic acids is 1. The molecule has 1 unspecified atom stereocenters. The van der Waals surface area contributed by atoms with Crippen LogP contribution in [0.3, 0.4) is 0 Å². The maximum absolute atomic E-state index is 12.0. The lowest BCUT2D eigenvalue weighted by molar-refractivity contribution is 0.0506. The van der Waals surface area contributed by atoms with Gasteiger partial charge in [0.2, 0.25) is 0 Å². The molecule has 6 nitrogen and oxygen atoms in total. The van der Waals surface area contributed by atoms with E-state index in [2.05, 4.69) is 21.3 Å². The molecule has 1 aromatic rings. The quantitative estimate of drug-likeness (QED) is 0.864. The minimum Gasteiger partial charge on any atom is -0.444 e. The molecule has 0 radical (unpaired) electrons. The van der Waals surface area contributed by atoms with Gasteiger partial charge in [0, 0.05) is 31.9 Å². The number of carbonyl (C=O) groups is 1. The van der Waals surface area contributed by atoms with Crippen LogP contribution in [-0.4, -0.2) is 42.4 Å². The smallest absolute Gasteiger partial charge is 0.407 e. The molecule has 24 heavy (non-hydrogen) atoms. The molecule has 0 spiro atoms. The summed E-state index contributed by atoms with van der Waals surface area (Å²) in [4.78, 5) is 18.9. The summed E-state index contributed by atoms with van der Waals surface area (Å²) < 4.78 is 5.32. The standard InChI is InChI=1S/C18H30N4O2/c1-18(2,3)24-17(23)21-15(13-19)12-14-8-7-9-20-16(14)22-10-5-4-6-11-22/h7-9,15H,4-6,10-13,19H2,1-3H3,(H,21,23). The van der Waals surface area contributed by atoms with E-state index in [1.807, 2.05) is 33.0 Å². The Labute approximate surface area is 144 Å². The van der Waals surface area contributed by atoms with Gasteiger partial charge in [-0.05, 0) is 58.1 Å². The summed E-state index contributed by atoms with van der Waals surface area (Å²) in [5, 5.41) is 2.87. The van der Waals surface area contributed by atoms with Gasteiger partial charge in [0.1, 0.15) is 11.4 Å². The first-order valence-corrected chi connectivity index (χ1v) is 8.77. The monoisotopic (exact) mass is 334 g/mol. The van der Waals surface area contributed by atoms with Crippen molar-refractivity contribution in [3.8, 4) is 0 Å². The molecule has 2 heterocycles. The molecule has 6 heteroatoms. The molecule has 2 rings (SSSR count). The van der Waals surface area contributed by atoms with Crippen LogP contribution in [0.1, 0.15) is 45.6 Å². The fourth-order valence-electron chi connectivity index (χ4n) is 2.91. The van der Waals surface area contributed by atoms with Crippen molar-refractivity contribution in [1.29, 1.82) is 0 Å². The second-order valence-electron chi connectivity index (χ2n) is 7.32. The third kappa shape index (κ3) is 5.67. The molecule has 1 aliphatic rings. The number of piperidine rings is 1. The first-order chi connectivity index (χ1) is 11.4. The van der Waals surface area contributed by atoms with Crippen LogP contribution in [0.5, 0.6) is 0 Å². The van der Waals surface area contributed by atoms with E-state index in [9.17, 15) is 4.79 Å². The Balaban J connectivity index is 2.03. The number of rotatable bonds is 5. The van der Waals surface area contributed by atoms with Crippen molar-refractivity contribution in [1.82, 2.24) is 10.3 Å². The van der Waals surface area contributed by atoms with E-state index in [-0.39, 0.29) is 6.04 Å². The van der Waals surface area contributed by atoms with E-state index in [4.69, 9.17) is 10.5 Å². The summed E-state index contributed by atoms with van der Waals surface area (Å²) in [6, 6.07) is 3.83. The number of nitrogens with zero attached hydrogens (tertiary/aromatic N) is 2. The lowest BCUT2D eigenvalue weighted by atomic mass is 10.0. The maximum atomic E-state index is 12.0. The third-order valence-corrected chi connectivity index (χ3v) is 3.99. The number of amides is 1. The van der Waals surface area contributed by atoms with Crippen LogP contribution in [0.25, 0.3) is 0 Å². The molecule has 1 aromatic heterocycles. The van der Waals surface area contributed by atoms with Gasteiger partial charge in [-0.25, -0.2) is 9.78 Å². The zero-order valence-electron chi connectivity index (χ0n) is 15.0. The molecule has 1 amide bonds. The second-order valence-corrected chi connectivity index (χ2v) is 7.32. The van der Waals surface area contributed by atoms with Crippen molar-refractivity contribution >= 4 is 11.9 Å². The molecule has 134 valence electrons. The summed E-state index contributed by atoms with van der Waals surface area (Å²) in [7, 11) is 0. The summed E-state index contributed by atoms with van der Waals surface area (Å²) >= 11 is 0. The van der Waals surface area contributed by atoms with E-state index in [0.717, 1.165) is 24.5 Å². The highest BCUT2D eigenvalue weighted by Crippen LogP contribution is 2.22. The number of hydrogen-bond donors (Lipinski definition) is 2. The third-order valence-electron chi connectivity index (χ3n) is 3.99. The highest BCUT2D eigenvalue weighted by molar-refractivity contribution is 5.68. The van der Waals surface area contributed by atoms with Crippen molar-refractivity contribution in [2.75, 3.05) is 24.5 Å². The van der Waals surface area contributed by atoms with Crippen LogP contribution in [0.4, 0.5) is 10.6 Å². The van der Waals surface area contributed by atoms with E-state index >= 15 is 0 Å². The second kappa shape index (κ2) is 8.33. The summed E-state index contributed by atoms with van der Waals surface area (Å²) in [6.45, 7) is 7.97. The molecule has 0 bridgehead atoms. The van der Waals surface area contributed by atoms with Crippen molar-refractivity contribution in [3.63, 3.8) is 0 Å². The average molecular weight is 334 g/mol. The normalized spacial score (nSPS) is 16.6. The number of alkyl carbamates (subject to hydrolysis) is 1. The first kappa shape index (κ1) is 18.5. The van der Waals surface area contributed by atoms with Crippen LogP contribution in [-0.2, 0) is 11.2 Å². The topological polar surface area (TPSA) is 80.5 Å². The predicted octanol–water partition coefficient (Wildman–Crippen LogP) is 2.47. The SMILES string of the molecule is CC(C)(C)OC(=O)NC(CN)Cc1cccnc1N1CCCCC1. The van der Waals surface area contributed by atoms with Gasteiger partial charge < -0.3 is 20.7 Å². The van der Waals surface area contributed by atoms with Crippen LogP contribution < -0.4 is 16.0 Å². The van der Waals surface area contributed by atoms with Crippen LogP contribution in [0.2, 0.25) is 0 Å². The molecule has 0 saturated carbocycles. The van der Waals surface area contributed by atoms with Crippen molar-refractivity contribution in [2.24, 2.45) is 5.73 Å². The van der Waals surface area contributed by atoms with Crippen LogP contribution >= 0.6 is 0 Å². The molecule has 1 atom stereocenters. The Bertz CT molecular complexity index is 536. The zero-order chi connectivity index (χ0) is 17.6. The number of anilines is 1. The molecule has 3 N–H and O–H groups in total. The number of ether oxygens (including phenoxy) is 1. The number of nitrogens with two attached hydrogens (primary N) is 1. The molecule has 0 aromatic carbocycles. The Hall–Kier alpha value is -1.82. The summed E-state index contributed by atoms with van der Waals surface area (Å²) in [5.41, 5.74) is 6.46. The Kier molecular flexibility index (Phi) is 6.43. The maximum Gasteiger partial charge on any atom is 0.407 e. The van der Waals surface area contributed by atoms with E-state index < -0.39 is 11.7 Å². The van der Waals surface area contributed by atoms with Crippen LogP contribution in [0, 0.1) is 0 Å². The van der Waals surface area contributed by atoms with Gasteiger partial charge in [-0.15, -0.1) is 0 Å². The number of aromatic nitrogens is 1. The highest BCUT2D eigenvalue weighted by Gasteiger charge is 2.21. The molecular formula is C18H30N4O2. The largest absolute Gasteiger partial charge is 0.444 e. The lowest BCUT2D eigenvalue weighted by Crippen LogP contribution is -2.44. The average Bonchev–Trinajstić information content (AvgIpc) is 2.53. The molecule has 1 saturated heterocycles. The van der Waals surface area contributed by atoms with Crippen molar-refractivity contribution in [3.05, 3.63) is 23.9 Å². The Morgan fingerprint density at radius 2 is 2.08 bits per heavy atom. The number of hydrogen-bond acceptors (Lipinski definition) is 5. The predicted molar refractivity (Wildman–Crippen MR) is 96.2 cm³/mol. The van der Waals surface area contributed by atoms with E-state index in [0.29, 0.717) is 13.0 Å².